The lowest BCUT2D eigenvalue weighted by atomic mass is 10.1. The number of nitrogens with one attached hydrogen (secondary N) is 1. The lowest BCUT2D eigenvalue weighted by molar-refractivity contribution is 0.0923. The molecule has 0 bridgehead atoms. The van der Waals surface area contributed by atoms with Crippen LogP contribution in [0.15, 0.2) is 22.7 Å². The molecule has 0 fully saturated rings. The molecule has 88 valence electrons. The van der Waals surface area contributed by atoms with E-state index in [2.05, 4.69) is 21.2 Å². The predicted molar refractivity (Wildman–Crippen MR) is 67.4 cm³/mol. The van der Waals surface area contributed by atoms with E-state index in [1.165, 1.54) is 0 Å². The molecule has 1 amide bonds. The van der Waals surface area contributed by atoms with Gasteiger partial charge in [-0.15, -0.1) is 0 Å². The average molecular weight is 287 g/mol. The van der Waals surface area contributed by atoms with Gasteiger partial charge in [-0.25, -0.2) is 0 Å². The summed E-state index contributed by atoms with van der Waals surface area (Å²) >= 11 is 3.29. The monoisotopic (exact) mass is 286 g/mol. The average Bonchev–Trinajstić information content (AvgIpc) is 2.24. The summed E-state index contributed by atoms with van der Waals surface area (Å²) in [6, 6.07) is 5.18. The van der Waals surface area contributed by atoms with Gasteiger partial charge in [0.05, 0.1) is 12.2 Å². The van der Waals surface area contributed by atoms with Gasteiger partial charge in [0, 0.05) is 23.3 Å². The fourth-order valence-electron chi connectivity index (χ4n) is 1.22. The largest absolute Gasteiger partial charge is 0.398 e. The zero-order valence-electron chi connectivity index (χ0n) is 9.13. The number of carbonyl (C=O) groups is 1. The molecule has 0 radical (unpaired) electrons. The molecule has 0 spiro atoms. The molecule has 0 saturated carbocycles. The summed E-state index contributed by atoms with van der Waals surface area (Å²) in [5, 5.41) is 2.73. The minimum atomic E-state index is -0.176. The lowest BCUT2D eigenvalue weighted by Gasteiger charge is -2.07. The molecular weight excluding hydrogens is 272 g/mol. The SMILES string of the molecule is CCOCCNC(=O)c1ccc(Br)cc1N. The Labute approximate surface area is 103 Å². The summed E-state index contributed by atoms with van der Waals surface area (Å²) < 4.78 is 5.97. The number of nitrogen functional groups attached to an aromatic ring is 1. The van der Waals surface area contributed by atoms with Gasteiger partial charge in [0.1, 0.15) is 0 Å². The van der Waals surface area contributed by atoms with Gasteiger partial charge in [-0.3, -0.25) is 4.79 Å². The number of anilines is 1. The Bertz CT molecular complexity index is 369. The highest BCUT2D eigenvalue weighted by Gasteiger charge is 2.08. The Morgan fingerprint density at radius 2 is 2.31 bits per heavy atom. The van der Waals surface area contributed by atoms with Crippen LogP contribution >= 0.6 is 15.9 Å². The van der Waals surface area contributed by atoms with E-state index in [1.54, 1.807) is 18.2 Å². The zero-order chi connectivity index (χ0) is 12.0. The van der Waals surface area contributed by atoms with E-state index in [9.17, 15) is 4.79 Å². The van der Waals surface area contributed by atoms with Gasteiger partial charge < -0.3 is 15.8 Å². The Morgan fingerprint density at radius 1 is 1.56 bits per heavy atom. The molecule has 0 aliphatic rings. The molecule has 5 heteroatoms. The molecule has 1 aromatic rings. The highest BCUT2D eigenvalue weighted by atomic mass is 79.9. The summed E-state index contributed by atoms with van der Waals surface area (Å²) in [7, 11) is 0. The third-order valence-electron chi connectivity index (χ3n) is 1.99. The van der Waals surface area contributed by atoms with Crippen LogP contribution in [0, 0.1) is 0 Å². The van der Waals surface area contributed by atoms with Crippen LogP contribution in [0.1, 0.15) is 17.3 Å². The Morgan fingerprint density at radius 3 is 2.94 bits per heavy atom. The second-order valence-electron chi connectivity index (χ2n) is 3.18. The molecular formula is C11H15BrN2O2. The molecule has 1 aromatic carbocycles. The molecule has 0 heterocycles. The van der Waals surface area contributed by atoms with E-state index < -0.39 is 0 Å². The maximum absolute atomic E-state index is 11.7. The highest BCUT2D eigenvalue weighted by molar-refractivity contribution is 9.10. The number of hydrogen-bond donors (Lipinski definition) is 2. The fourth-order valence-corrected chi connectivity index (χ4v) is 1.60. The van der Waals surface area contributed by atoms with Crippen molar-refractivity contribution >= 4 is 27.5 Å². The first kappa shape index (κ1) is 13.0. The maximum atomic E-state index is 11.7. The minimum absolute atomic E-state index is 0.176. The van der Waals surface area contributed by atoms with Crippen LogP contribution in [0.3, 0.4) is 0 Å². The summed E-state index contributed by atoms with van der Waals surface area (Å²) in [4.78, 5) is 11.7. The van der Waals surface area contributed by atoms with Crippen molar-refractivity contribution in [2.45, 2.75) is 6.92 Å². The van der Waals surface area contributed by atoms with Crippen molar-refractivity contribution in [1.82, 2.24) is 5.32 Å². The van der Waals surface area contributed by atoms with Gasteiger partial charge in [0.15, 0.2) is 0 Å². The molecule has 16 heavy (non-hydrogen) atoms. The number of hydrogen-bond acceptors (Lipinski definition) is 3. The zero-order valence-corrected chi connectivity index (χ0v) is 10.7. The van der Waals surface area contributed by atoms with Crippen molar-refractivity contribution in [2.24, 2.45) is 0 Å². The summed E-state index contributed by atoms with van der Waals surface area (Å²) in [6.45, 7) is 3.56. The first-order chi connectivity index (χ1) is 7.65. The van der Waals surface area contributed by atoms with E-state index in [4.69, 9.17) is 10.5 Å². The van der Waals surface area contributed by atoms with Crippen LogP contribution in [-0.4, -0.2) is 25.7 Å². The van der Waals surface area contributed by atoms with Gasteiger partial charge in [0.25, 0.3) is 5.91 Å². The van der Waals surface area contributed by atoms with Crippen LogP contribution < -0.4 is 11.1 Å². The van der Waals surface area contributed by atoms with Crippen LogP contribution in [0.25, 0.3) is 0 Å². The molecule has 4 nitrogen and oxygen atoms in total. The van der Waals surface area contributed by atoms with Gasteiger partial charge in [-0.1, -0.05) is 15.9 Å². The molecule has 0 atom stereocenters. The lowest BCUT2D eigenvalue weighted by Crippen LogP contribution is -2.27. The minimum Gasteiger partial charge on any atom is -0.398 e. The van der Waals surface area contributed by atoms with E-state index >= 15 is 0 Å². The van der Waals surface area contributed by atoms with E-state index in [1.807, 2.05) is 6.92 Å². The van der Waals surface area contributed by atoms with Crippen molar-refractivity contribution in [3.05, 3.63) is 28.2 Å². The number of carbonyl (C=O) groups excluding carboxylic acids is 1. The third-order valence-corrected chi connectivity index (χ3v) is 2.49. The summed E-state index contributed by atoms with van der Waals surface area (Å²) in [6.07, 6.45) is 0. The number of ether oxygens (including phenoxy) is 1. The quantitative estimate of drug-likeness (QED) is 0.641. The van der Waals surface area contributed by atoms with Crippen molar-refractivity contribution in [2.75, 3.05) is 25.5 Å². The molecule has 0 aliphatic carbocycles. The van der Waals surface area contributed by atoms with Crippen LogP contribution in [0.5, 0.6) is 0 Å². The van der Waals surface area contributed by atoms with E-state index in [0.29, 0.717) is 31.0 Å². The number of amides is 1. The second-order valence-corrected chi connectivity index (χ2v) is 4.10. The van der Waals surface area contributed by atoms with Gasteiger partial charge in [-0.2, -0.15) is 0 Å². The normalized spacial score (nSPS) is 10.1. The van der Waals surface area contributed by atoms with Crippen molar-refractivity contribution in [3.63, 3.8) is 0 Å². The predicted octanol–water partition coefficient (Wildman–Crippen LogP) is 1.80. The number of rotatable bonds is 5. The molecule has 1 rings (SSSR count). The summed E-state index contributed by atoms with van der Waals surface area (Å²) in [5.74, 6) is -0.176. The summed E-state index contributed by atoms with van der Waals surface area (Å²) in [5.41, 5.74) is 6.68. The van der Waals surface area contributed by atoms with Gasteiger partial charge >= 0.3 is 0 Å². The van der Waals surface area contributed by atoms with Crippen molar-refractivity contribution < 1.29 is 9.53 Å². The fraction of sp³-hybridized carbons (Fsp3) is 0.364. The molecule has 3 N–H and O–H groups in total. The Kier molecular flexibility index (Phi) is 5.28. The van der Waals surface area contributed by atoms with Crippen LogP contribution in [0.2, 0.25) is 0 Å². The standard InChI is InChI=1S/C11H15BrN2O2/c1-2-16-6-5-14-11(15)9-4-3-8(12)7-10(9)13/h3-4,7H,2,5-6,13H2,1H3,(H,14,15). The third kappa shape index (κ3) is 3.83. The van der Waals surface area contributed by atoms with E-state index in [-0.39, 0.29) is 5.91 Å². The molecule has 0 unspecified atom stereocenters. The van der Waals surface area contributed by atoms with E-state index in [0.717, 1.165) is 4.47 Å². The first-order valence-electron chi connectivity index (χ1n) is 5.06. The maximum Gasteiger partial charge on any atom is 0.253 e. The Hall–Kier alpha value is -1.07. The number of benzene rings is 1. The number of nitrogens with two attached hydrogens (primary N) is 1. The van der Waals surface area contributed by atoms with Gasteiger partial charge in [-0.05, 0) is 25.1 Å². The molecule has 0 aliphatic heterocycles. The molecule has 0 saturated heterocycles. The smallest absolute Gasteiger partial charge is 0.253 e. The topological polar surface area (TPSA) is 64.3 Å². The second kappa shape index (κ2) is 6.50. The number of halogens is 1. The first-order valence-corrected chi connectivity index (χ1v) is 5.85. The van der Waals surface area contributed by atoms with Crippen molar-refractivity contribution in [1.29, 1.82) is 0 Å². The van der Waals surface area contributed by atoms with Crippen molar-refractivity contribution in [3.8, 4) is 0 Å². The molecule has 0 aromatic heterocycles. The highest BCUT2D eigenvalue weighted by Crippen LogP contribution is 2.18. The van der Waals surface area contributed by atoms with Crippen LogP contribution in [-0.2, 0) is 4.74 Å². The van der Waals surface area contributed by atoms with Crippen LogP contribution in [0.4, 0.5) is 5.69 Å². The Balaban J connectivity index is 2.53. The van der Waals surface area contributed by atoms with Gasteiger partial charge in [0.2, 0.25) is 0 Å².